The second kappa shape index (κ2) is 4.91. The summed E-state index contributed by atoms with van der Waals surface area (Å²) in [5, 5.41) is 0.435. The van der Waals surface area contributed by atoms with E-state index in [0.29, 0.717) is 27.3 Å². The largest absolute Gasteiger partial charge is 0.295 e. The minimum absolute atomic E-state index is 0.0685. The summed E-state index contributed by atoms with van der Waals surface area (Å²) in [6, 6.07) is 10.0. The van der Waals surface area contributed by atoms with Crippen molar-refractivity contribution in [2.24, 2.45) is 0 Å². The maximum absolute atomic E-state index is 14.1. The van der Waals surface area contributed by atoms with Crippen LogP contribution in [-0.2, 0) is 0 Å². The lowest BCUT2D eigenvalue weighted by atomic mass is 9.99. The third-order valence-corrected chi connectivity index (χ3v) is 3.18. The van der Waals surface area contributed by atoms with Gasteiger partial charge in [-0.1, -0.05) is 29.8 Å². The molecule has 0 saturated heterocycles. The number of carbonyl (C=O) groups excluding carboxylic acids is 1. The number of rotatable bonds is 2. The lowest BCUT2D eigenvalue weighted by molar-refractivity contribution is 0.101. The van der Waals surface area contributed by atoms with Crippen molar-refractivity contribution in [1.29, 1.82) is 0 Å². The van der Waals surface area contributed by atoms with Gasteiger partial charge >= 0.3 is 0 Å². The van der Waals surface area contributed by atoms with Gasteiger partial charge in [0.25, 0.3) is 0 Å². The predicted octanol–water partition coefficient (Wildman–Crippen LogP) is 4.66. The average Bonchev–Trinajstić information content (AvgIpc) is 2.33. The normalized spacial score (nSPS) is 10.4. The summed E-state index contributed by atoms with van der Waals surface area (Å²) < 4.78 is 14.1. The lowest BCUT2D eigenvalue weighted by Crippen LogP contribution is -1.94. The van der Waals surface area contributed by atoms with Crippen LogP contribution in [0.3, 0.4) is 0 Å². The molecule has 1 nitrogen and oxygen atoms in total. The summed E-state index contributed by atoms with van der Waals surface area (Å²) in [7, 11) is 0. The van der Waals surface area contributed by atoms with Crippen LogP contribution in [0.5, 0.6) is 0 Å². The highest BCUT2D eigenvalue weighted by Crippen LogP contribution is 2.31. The number of hydrogen-bond donors (Lipinski definition) is 0. The monoisotopic (exact) mass is 262 g/mol. The zero-order valence-corrected chi connectivity index (χ0v) is 10.9. The average molecular weight is 263 g/mol. The molecule has 0 heterocycles. The van der Waals surface area contributed by atoms with Crippen LogP contribution in [0.2, 0.25) is 5.02 Å². The molecule has 0 unspecified atom stereocenters. The highest BCUT2D eigenvalue weighted by molar-refractivity contribution is 6.33. The van der Waals surface area contributed by atoms with E-state index in [0.717, 1.165) is 0 Å². The molecule has 0 N–H and O–H groups in total. The fourth-order valence-electron chi connectivity index (χ4n) is 1.81. The minimum atomic E-state index is -0.305. The molecular weight excluding hydrogens is 251 g/mol. The van der Waals surface area contributed by atoms with Crippen molar-refractivity contribution in [3.8, 4) is 11.1 Å². The smallest absolute Gasteiger partial charge is 0.159 e. The van der Waals surface area contributed by atoms with Crippen molar-refractivity contribution in [2.45, 2.75) is 13.8 Å². The molecule has 0 bridgehead atoms. The molecule has 0 aliphatic heterocycles. The van der Waals surface area contributed by atoms with Crippen LogP contribution < -0.4 is 0 Å². The summed E-state index contributed by atoms with van der Waals surface area (Å²) in [6.07, 6.45) is 0. The Morgan fingerprint density at radius 3 is 2.56 bits per heavy atom. The molecule has 0 aliphatic carbocycles. The van der Waals surface area contributed by atoms with E-state index in [1.54, 1.807) is 43.3 Å². The molecule has 2 aromatic carbocycles. The third-order valence-electron chi connectivity index (χ3n) is 2.85. The second-order valence-electron chi connectivity index (χ2n) is 4.19. The lowest BCUT2D eigenvalue weighted by Gasteiger charge is -2.09. The van der Waals surface area contributed by atoms with Gasteiger partial charge in [0.2, 0.25) is 0 Å². The molecule has 2 aromatic rings. The van der Waals surface area contributed by atoms with E-state index in [1.807, 2.05) is 0 Å². The van der Waals surface area contributed by atoms with E-state index < -0.39 is 0 Å². The Hall–Kier alpha value is -1.67. The molecule has 0 spiro atoms. The highest BCUT2D eigenvalue weighted by atomic mass is 35.5. The van der Waals surface area contributed by atoms with Gasteiger partial charge in [-0.15, -0.1) is 0 Å². The van der Waals surface area contributed by atoms with Crippen LogP contribution in [0.4, 0.5) is 4.39 Å². The van der Waals surface area contributed by atoms with Gasteiger partial charge in [-0.05, 0) is 37.6 Å². The number of ketones is 1. The van der Waals surface area contributed by atoms with Crippen LogP contribution in [-0.4, -0.2) is 5.78 Å². The van der Waals surface area contributed by atoms with E-state index in [1.165, 1.54) is 6.92 Å². The molecule has 0 aromatic heterocycles. The van der Waals surface area contributed by atoms with E-state index in [2.05, 4.69) is 0 Å². The number of carbonyl (C=O) groups is 1. The first-order chi connectivity index (χ1) is 8.50. The molecular formula is C15H12ClFO. The van der Waals surface area contributed by atoms with Crippen LogP contribution in [0, 0.1) is 12.7 Å². The molecule has 18 heavy (non-hydrogen) atoms. The molecule has 0 saturated carbocycles. The molecule has 0 radical (unpaired) electrons. The van der Waals surface area contributed by atoms with Crippen LogP contribution in [0.1, 0.15) is 22.8 Å². The van der Waals surface area contributed by atoms with E-state index in [9.17, 15) is 9.18 Å². The van der Waals surface area contributed by atoms with Crippen molar-refractivity contribution in [2.75, 3.05) is 0 Å². The van der Waals surface area contributed by atoms with Gasteiger partial charge in [0.15, 0.2) is 5.78 Å². The SMILES string of the molecule is CC(=O)c1ccc(Cl)c(-c2cccc(C)c2F)c1. The third kappa shape index (κ3) is 2.29. The summed E-state index contributed by atoms with van der Waals surface area (Å²) in [5.41, 5.74) is 2.04. The molecule has 0 amide bonds. The van der Waals surface area contributed by atoms with Crippen LogP contribution in [0.25, 0.3) is 11.1 Å². The van der Waals surface area contributed by atoms with Crippen molar-refractivity contribution in [3.63, 3.8) is 0 Å². The number of halogens is 2. The van der Waals surface area contributed by atoms with Crippen molar-refractivity contribution in [3.05, 3.63) is 58.4 Å². The maximum atomic E-state index is 14.1. The first kappa shape index (κ1) is 12.8. The van der Waals surface area contributed by atoms with E-state index >= 15 is 0 Å². The fourth-order valence-corrected chi connectivity index (χ4v) is 2.03. The number of hydrogen-bond acceptors (Lipinski definition) is 1. The Kier molecular flexibility index (Phi) is 3.48. The van der Waals surface area contributed by atoms with Gasteiger partial charge in [0.05, 0.1) is 0 Å². The summed E-state index contributed by atoms with van der Waals surface area (Å²) >= 11 is 6.08. The molecule has 3 heteroatoms. The first-order valence-electron chi connectivity index (χ1n) is 5.56. The Morgan fingerprint density at radius 1 is 1.17 bits per heavy atom. The van der Waals surface area contributed by atoms with E-state index in [-0.39, 0.29) is 11.6 Å². The topological polar surface area (TPSA) is 17.1 Å². The first-order valence-corrected chi connectivity index (χ1v) is 5.94. The molecule has 0 atom stereocenters. The van der Waals surface area contributed by atoms with E-state index in [4.69, 9.17) is 11.6 Å². The summed E-state index contributed by atoms with van der Waals surface area (Å²) in [4.78, 5) is 11.4. The van der Waals surface area contributed by atoms with Gasteiger partial charge in [-0.25, -0.2) is 4.39 Å². The fraction of sp³-hybridized carbons (Fsp3) is 0.133. The number of benzene rings is 2. The van der Waals surface area contributed by atoms with Gasteiger partial charge in [0, 0.05) is 21.7 Å². The van der Waals surface area contributed by atoms with Crippen molar-refractivity contribution in [1.82, 2.24) is 0 Å². The van der Waals surface area contributed by atoms with Crippen molar-refractivity contribution >= 4 is 17.4 Å². The van der Waals surface area contributed by atoms with Crippen LogP contribution >= 0.6 is 11.6 Å². The quantitative estimate of drug-likeness (QED) is 0.720. The Bertz CT molecular complexity index is 620. The highest BCUT2D eigenvalue weighted by Gasteiger charge is 2.12. The zero-order valence-electron chi connectivity index (χ0n) is 10.1. The standard InChI is InChI=1S/C15H12ClFO/c1-9-4-3-5-12(15(9)17)13-8-11(10(2)18)6-7-14(13)16/h3-8H,1-2H3. The van der Waals surface area contributed by atoms with Crippen molar-refractivity contribution < 1.29 is 9.18 Å². The predicted molar refractivity (Wildman–Crippen MR) is 71.6 cm³/mol. The summed E-state index contributed by atoms with van der Waals surface area (Å²) in [5.74, 6) is -0.374. The molecule has 92 valence electrons. The van der Waals surface area contributed by atoms with Crippen LogP contribution in [0.15, 0.2) is 36.4 Å². The number of Topliss-reactive ketones (excluding diaryl/α,β-unsaturated/α-hetero) is 1. The molecule has 0 fully saturated rings. The second-order valence-corrected chi connectivity index (χ2v) is 4.59. The molecule has 0 aliphatic rings. The number of aryl methyl sites for hydroxylation is 1. The van der Waals surface area contributed by atoms with Gasteiger partial charge in [0.1, 0.15) is 5.82 Å². The van der Waals surface area contributed by atoms with Gasteiger partial charge in [-0.2, -0.15) is 0 Å². The minimum Gasteiger partial charge on any atom is -0.295 e. The Labute approximate surface area is 110 Å². The van der Waals surface area contributed by atoms with Gasteiger partial charge < -0.3 is 0 Å². The van der Waals surface area contributed by atoms with Gasteiger partial charge in [-0.3, -0.25) is 4.79 Å². The summed E-state index contributed by atoms with van der Waals surface area (Å²) in [6.45, 7) is 3.17. The molecule has 2 rings (SSSR count). The Balaban J connectivity index is 2.66. The maximum Gasteiger partial charge on any atom is 0.159 e. The Morgan fingerprint density at radius 2 is 1.89 bits per heavy atom. The zero-order chi connectivity index (χ0) is 13.3.